The number of sulfone groups is 1. The maximum Gasteiger partial charge on any atom is 0.410 e. The Balaban J connectivity index is 2.16. The van der Waals surface area contributed by atoms with Gasteiger partial charge < -0.3 is 14.4 Å². The Labute approximate surface area is 188 Å². The summed E-state index contributed by atoms with van der Waals surface area (Å²) < 4.78 is 37.3. The molecule has 2 rings (SSSR count). The standard InChI is InChI=1S/C22H30N2O7S/c1-5-6-15-30-17-7-9-18(10-8-17)32(28,29)19(20(25)23-27)16-11-13-24(14-12-16)21(26)31-22(2,3)4/h7-10,16,19,27H,11-15H2,1-4H3,(H,23,25). The molecule has 1 saturated heterocycles. The van der Waals surface area contributed by atoms with E-state index in [1.165, 1.54) is 34.6 Å². The smallest absolute Gasteiger partial charge is 0.410 e. The number of amides is 2. The van der Waals surface area contributed by atoms with Crippen LogP contribution in [-0.4, -0.2) is 61.1 Å². The highest BCUT2D eigenvalue weighted by atomic mass is 32.2. The monoisotopic (exact) mass is 466 g/mol. The first-order chi connectivity index (χ1) is 15.0. The molecule has 0 aromatic heterocycles. The SMILES string of the molecule is CC#CCOc1ccc(S(=O)(=O)C(C(=O)NO)C2CCN(C(=O)OC(C)(C)C)CC2)cc1. The Hall–Kier alpha value is -2.77. The maximum atomic E-state index is 13.3. The molecule has 32 heavy (non-hydrogen) atoms. The first-order valence-electron chi connectivity index (χ1n) is 10.3. The van der Waals surface area contributed by atoms with E-state index in [0.717, 1.165) is 0 Å². The predicted octanol–water partition coefficient (Wildman–Crippen LogP) is 2.38. The number of carbonyl (C=O) groups excluding carboxylic acids is 2. The highest BCUT2D eigenvalue weighted by Gasteiger charge is 2.42. The lowest BCUT2D eigenvalue weighted by atomic mass is 9.93. The summed E-state index contributed by atoms with van der Waals surface area (Å²) in [7, 11) is -4.11. The quantitative estimate of drug-likeness (QED) is 0.375. The van der Waals surface area contributed by atoms with Gasteiger partial charge in [0.1, 0.15) is 23.2 Å². The number of hydroxylamine groups is 1. The summed E-state index contributed by atoms with van der Waals surface area (Å²) in [6.07, 6.45) is 0.0614. The number of nitrogens with one attached hydrogen (secondary N) is 1. The van der Waals surface area contributed by atoms with Gasteiger partial charge in [0.15, 0.2) is 9.84 Å². The molecule has 10 heteroatoms. The fraction of sp³-hybridized carbons (Fsp3) is 0.545. The molecule has 1 aromatic carbocycles. The summed E-state index contributed by atoms with van der Waals surface area (Å²) in [5.74, 6) is 4.30. The van der Waals surface area contributed by atoms with Crippen molar-refractivity contribution >= 4 is 21.8 Å². The molecule has 176 valence electrons. The van der Waals surface area contributed by atoms with Crippen LogP contribution < -0.4 is 10.2 Å². The van der Waals surface area contributed by atoms with Crippen LogP contribution in [0.3, 0.4) is 0 Å². The normalized spacial score (nSPS) is 15.8. The molecular formula is C22H30N2O7S. The van der Waals surface area contributed by atoms with E-state index in [9.17, 15) is 23.2 Å². The molecule has 0 aliphatic carbocycles. The van der Waals surface area contributed by atoms with Crippen LogP contribution in [0.2, 0.25) is 0 Å². The molecule has 1 aliphatic heterocycles. The minimum absolute atomic E-state index is 0.0606. The van der Waals surface area contributed by atoms with Crippen molar-refractivity contribution in [3.05, 3.63) is 24.3 Å². The Morgan fingerprint density at radius 2 is 1.81 bits per heavy atom. The molecule has 1 fully saturated rings. The molecular weight excluding hydrogens is 436 g/mol. The number of rotatable bonds is 6. The van der Waals surface area contributed by atoms with Crippen LogP contribution >= 0.6 is 0 Å². The predicted molar refractivity (Wildman–Crippen MR) is 117 cm³/mol. The number of benzene rings is 1. The van der Waals surface area contributed by atoms with Crippen LogP contribution in [0.4, 0.5) is 4.79 Å². The van der Waals surface area contributed by atoms with E-state index in [1.807, 2.05) is 0 Å². The minimum atomic E-state index is -4.11. The number of nitrogens with zero attached hydrogens (tertiary/aromatic N) is 1. The van der Waals surface area contributed by atoms with E-state index in [2.05, 4.69) is 11.8 Å². The third kappa shape index (κ3) is 6.61. The maximum absolute atomic E-state index is 13.3. The van der Waals surface area contributed by atoms with Crippen molar-refractivity contribution < 1.29 is 32.7 Å². The number of hydrogen-bond donors (Lipinski definition) is 2. The van der Waals surface area contributed by atoms with Gasteiger partial charge in [0.25, 0.3) is 5.91 Å². The van der Waals surface area contributed by atoms with Crippen LogP contribution in [0.25, 0.3) is 0 Å². The van der Waals surface area contributed by atoms with Crippen LogP contribution in [-0.2, 0) is 19.4 Å². The van der Waals surface area contributed by atoms with Gasteiger partial charge in [-0.2, -0.15) is 0 Å². The molecule has 0 bridgehead atoms. The summed E-state index contributed by atoms with van der Waals surface area (Å²) in [4.78, 5) is 26.1. The third-order valence-corrected chi connectivity index (χ3v) is 7.16. The molecule has 1 aromatic rings. The van der Waals surface area contributed by atoms with Gasteiger partial charge in [0, 0.05) is 13.1 Å². The second-order valence-electron chi connectivity index (χ2n) is 8.43. The lowest BCUT2D eigenvalue weighted by Crippen LogP contribution is -2.49. The number of likely N-dealkylation sites (tertiary alicyclic amines) is 1. The summed E-state index contributed by atoms with van der Waals surface area (Å²) in [5.41, 5.74) is 0.842. The van der Waals surface area contributed by atoms with E-state index in [-0.39, 0.29) is 37.4 Å². The highest BCUT2D eigenvalue weighted by Crippen LogP contribution is 2.31. The van der Waals surface area contributed by atoms with E-state index in [0.29, 0.717) is 5.75 Å². The number of hydrogen-bond acceptors (Lipinski definition) is 7. The second-order valence-corrected chi connectivity index (χ2v) is 10.5. The van der Waals surface area contributed by atoms with Gasteiger partial charge >= 0.3 is 6.09 Å². The van der Waals surface area contributed by atoms with Gasteiger partial charge in [-0.05, 0) is 70.7 Å². The van der Waals surface area contributed by atoms with E-state index in [4.69, 9.17) is 9.47 Å². The molecule has 1 unspecified atom stereocenters. The molecule has 2 N–H and O–H groups in total. The highest BCUT2D eigenvalue weighted by molar-refractivity contribution is 7.92. The van der Waals surface area contributed by atoms with Crippen LogP contribution in [0.1, 0.15) is 40.5 Å². The Morgan fingerprint density at radius 3 is 2.31 bits per heavy atom. The summed E-state index contributed by atoms with van der Waals surface area (Å²) >= 11 is 0. The van der Waals surface area contributed by atoms with Crippen LogP contribution in [0.5, 0.6) is 5.75 Å². The van der Waals surface area contributed by atoms with Gasteiger partial charge in [-0.15, -0.1) is 5.92 Å². The van der Waals surface area contributed by atoms with Gasteiger partial charge in [-0.3, -0.25) is 10.0 Å². The molecule has 0 radical (unpaired) electrons. The number of carbonyl (C=O) groups is 2. The molecule has 1 heterocycles. The van der Waals surface area contributed by atoms with E-state index in [1.54, 1.807) is 27.7 Å². The topological polar surface area (TPSA) is 122 Å². The van der Waals surface area contributed by atoms with Gasteiger partial charge in [-0.1, -0.05) is 5.92 Å². The molecule has 1 aliphatic rings. The van der Waals surface area contributed by atoms with Crippen molar-refractivity contribution in [1.82, 2.24) is 10.4 Å². The molecule has 9 nitrogen and oxygen atoms in total. The fourth-order valence-electron chi connectivity index (χ4n) is 3.45. The summed E-state index contributed by atoms with van der Waals surface area (Å²) in [5, 5.41) is 7.70. The van der Waals surface area contributed by atoms with Crippen molar-refractivity contribution in [1.29, 1.82) is 0 Å². The second kappa shape index (κ2) is 10.7. The van der Waals surface area contributed by atoms with Crippen molar-refractivity contribution in [2.24, 2.45) is 5.92 Å². The van der Waals surface area contributed by atoms with E-state index < -0.39 is 38.6 Å². The van der Waals surface area contributed by atoms with Crippen LogP contribution in [0, 0.1) is 17.8 Å². The number of piperidine rings is 1. The largest absolute Gasteiger partial charge is 0.481 e. The zero-order chi connectivity index (χ0) is 23.9. The van der Waals surface area contributed by atoms with E-state index >= 15 is 0 Å². The lowest BCUT2D eigenvalue weighted by Gasteiger charge is -2.35. The minimum Gasteiger partial charge on any atom is -0.481 e. The average Bonchev–Trinajstić information content (AvgIpc) is 2.73. The van der Waals surface area contributed by atoms with Gasteiger partial charge in [-0.25, -0.2) is 18.7 Å². The molecule has 1 atom stereocenters. The third-order valence-electron chi connectivity index (χ3n) is 4.96. The first kappa shape index (κ1) is 25.5. The lowest BCUT2D eigenvalue weighted by molar-refractivity contribution is -0.130. The van der Waals surface area contributed by atoms with Gasteiger partial charge in [0.2, 0.25) is 0 Å². The van der Waals surface area contributed by atoms with Crippen molar-refractivity contribution in [2.45, 2.75) is 56.3 Å². The van der Waals surface area contributed by atoms with Crippen molar-refractivity contribution in [3.63, 3.8) is 0 Å². The molecule has 0 spiro atoms. The van der Waals surface area contributed by atoms with Crippen molar-refractivity contribution in [3.8, 4) is 17.6 Å². The average molecular weight is 467 g/mol. The van der Waals surface area contributed by atoms with Gasteiger partial charge in [0.05, 0.1) is 4.90 Å². The van der Waals surface area contributed by atoms with Crippen molar-refractivity contribution in [2.75, 3.05) is 19.7 Å². The van der Waals surface area contributed by atoms with Crippen LogP contribution in [0.15, 0.2) is 29.2 Å². The Morgan fingerprint density at radius 1 is 1.22 bits per heavy atom. The molecule has 0 saturated carbocycles. The first-order valence-corrected chi connectivity index (χ1v) is 11.8. The fourth-order valence-corrected chi connectivity index (χ4v) is 5.37. The summed E-state index contributed by atoms with van der Waals surface area (Å²) in [6, 6.07) is 5.70. The zero-order valence-corrected chi connectivity index (χ0v) is 19.6. The molecule has 2 amide bonds. The Kier molecular flexibility index (Phi) is 8.52. The number of ether oxygens (including phenoxy) is 2. The summed E-state index contributed by atoms with van der Waals surface area (Å²) in [6.45, 7) is 7.64. The zero-order valence-electron chi connectivity index (χ0n) is 18.8. The Bertz CT molecular complexity index is 964.